The van der Waals surface area contributed by atoms with Crippen molar-refractivity contribution in [1.29, 1.82) is 0 Å². The van der Waals surface area contributed by atoms with Crippen LogP contribution in [0.4, 0.5) is 0 Å². The van der Waals surface area contributed by atoms with Crippen LogP contribution in [0.1, 0.15) is 18.9 Å². The van der Waals surface area contributed by atoms with Crippen molar-refractivity contribution < 1.29 is 4.52 Å². The summed E-state index contributed by atoms with van der Waals surface area (Å²) >= 11 is 5.99. The van der Waals surface area contributed by atoms with Crippen LogP contribution in [0.15, 0.2) is 35.1 Å². The van der Waals surface area contributed by atoms with E-state index in [1.165, 1.54) is 0 Å². The average Bonchev–Trinajstić information content (AvgIpc) is 3.25. The van der Waals surface area contributed by atoms with Crippen molar-refractivity contribution in [1.82, 2.24) is 30.2 Å². The molecule has 7 nitrogen and oxygen atoms in total. The van der Waals surface area contributed by atoms with Gasteiger partial charge in [-0.1, -0.05) is 28.9 Å². The Balaban J connectivity index is 1.58. The summed E-state index contributed by atoms with van der Waals surface area (Å²) in [5, 5.41) is 12.4. The zero-order valence-electron chi connectivity index (χ0n) is 12.3. The smallest absolute Gasteiger partial charge is 0.297 e. The molecule has 2 aromatic heterocycles. The van der Waals surface area contributed by atoms with Crippen LogP contribution >= 0.6 is 11.6 Å². The number of aromatic nitrogens is 5. The van der Waals surface area contributed by atoms with Crippen molar-refractivity contribution >= 4 is 11.6 Å². The zero-order valence-corrected chi connectivity index (χ0v) is 13.1. The second kappa shape index (κ2) is 6.10. The maximum atomic E-state index is 5.99. The zero-order chi connectivity index (χ0) is 15.6. The minimum Gasteiger partial charge on any atom is -0.330 e. The van der Waals surface area contributed by atoms with Crippen LogP contribution in [0.25, 0.3) is 23.1 Å². The summed E-state index contributed by atoms with van der Waals surface area (Å²) in [5.41, 5.74) is 0.795. The SMILES string of the molecule is Clc1cccc(-c2noc(-c3ncn(C4CCCNC4)n3)n2)c1. The molecule has 23 heavy (non-hydrogen) atoms. The molecule has 1 fully saturated rings. The lowest BCUT2D eigenvalue weighted by Gasteiger charge is -2.22. The van der Waals surface area contributed by atoms with Gasteiger partial charge < -0.3 is 9.84 Å². The van der Waals surface area contributed by atoms with E-state index in [2.05, 4.69) is 25.5 Å². The summed E-state index contributed by atoms with van der Waals surface area (Å²) in [6, 6.07) is 7.63. The lowest BCUT2D eigenvalue weighted by molar-refractivity contribution is 0.345. The highest BCUT2D eigenvalue weighted by molar-refractivity contribution is 6.30. The third kappa shape index (κ3) is 2.97. The molecule has 8 heteroatoms. The number of halogens is 1. The van der Waals surface area contributed by atoms with Crippen LogP contribution in [0.5, 0.6) is 0 Å². The predicted molar refractivity (Wildman–Crippen MR) is 84.9 cm³/mol. The maximum Gasteiger partial charge on any atom is 0.297 e. The summed E-state index contributed by atoms with van der Waals surface area (Å²) in [6.07, 6.45) is 3.95. The van der Waals surface area contributed by atoms with Crippen LogP contribution in [0.3, 0.4) is 0 Å². The third-order valence-electron chi connectivity index (χ3n) is 3.85. The molecule has 0 bridgehead atoms. The van der Waals surface area contributed by atoms with Crippen molar-refractivity contribution in [2.75, 3.05) is 13.1 Å². The molecule has 3 heterocycles. The number of hydrogen-bond donors (Lipinski definition) is 1. The highest BCUT2D eigenvalue weighted by atomic mass is 35.5. The molecule has 1 aliphatic rings. The van der Waals surface area contributed by atoms with E-state index in [0.29, 0.717) is 28.6 Å². The molecule has 0 spiro atoms. The topological polar surface area (TPSA) is 81.7 Å². The molecule has 1 saturated heterocycles. The number of nitrogens with one attached hydrogen (secondary N) is 1. The Hall–Kier alpha value is -2.25. The Morgan fingerprint density at radius 2 is 2.26 bits per heavy atom. The predicted octanol–water partition coefficient (Wildman–Crippen LogP) is 2.57. The van der Waals surface area contributed by atoms with Gasteiger partial charge in [-0.2, -0.15) is 4.98 Å². The van der Waals surface area contributed by atoms with E-state index >= 15 is 0 Å². The van der Waals surface area contributed by atoms with E-state index in [1.807, 2.05) is 16.8 Å². The molecule has 1 unspecified atom stereocenters. The van der Waals surface area contributed by atoms with Gasteiger partial charge in [0, 0.05) is 17.1 Å². The third-order valence-corrected chi connectivity index (χ3v) is 4.09. The average molecular weight is 331 g/mol. The lowest BCUT2D eigenvalue weighted by atomic mass is 10.1. The van der Waals surface area contributed by atoms with Gasteiger partial charge in [0.1, 0.15) is 6.33 Å². The van der Waals surface area contributed by atoms with Gasteiger partial charge in [0.25, 0.3) is 5.89 Å². The number of piperidine rings is 1. The van der Waals surface area contributed by atoms with Crippen LogP contribution in [-0.2, 0) is 0 Å². The first-order valence-corrected chi connectivity index (χ1v) is 7.89. The van der Waals surface area contributed by atoms with E-state index in [4.69, 9.17) is 16.1 Å². The number of rotatable bonds is 3. The van der Waals surface area contributed by atoms with E-state index in [-0.39, 0.29) is 0 Å². The number of nitrogens with zero attached hydrogens (tertiary/aromatic N) is 5. The summed E-state index contributed by atoms with van der Waals surface area (Å²) < 4.78 is 7.15. The molecular formula is C15H15ClN6O. The fourth-order valence-corrected chi connectivity index (χ4v) is 2.86. The molecule has 1 N–H and O–H groups in total. The van der Waals surface area contributed by atoms with Gasteiger partial charge in [0.15, 0.2) is 0 Å². The van der Waals surface area contributed by atoms with Gasteiger partial charge in [-0.05, 0) is 31.5 Å². The van der Waals surface area contributed by atoms with Gasteiger partial charge in [-0.15, -0.1) is 5.10 Å². The Morgan fingerprint density at radius 1 is 1.30 bits per heavy atom. The monoisotopic (exact) mass is 330 g/mol. The highest BCUT2D eigenvalue weighted by Gasteiger charge is 2.19. The molecule has 1 atom stereocenters. The summed E-state index contributed by atoms with van der Waals surface area (Å²) in [7, 11) is 0. The van der Waals surface area contributed by atoms with Gasteiger partial charge in [0.05, 0.1) is 6.04 Å². The highest BCUT2D eigenvalue weighted by Crippen LogP contribution is 2.23. The minimum atomic E-state index is 0.308. The van der Waals surface area contributed by atoms with Crippen molar-refractivity contribution in [3.63, 3.8) is 0 Å². The van der Waals surface area contributed by atoms with Crippen LogP contribution in [-0.4, -0.2) is 38.0 Å². The molecule has 1 aromatic carbocycles. The molecular weight excluding hydrogens is 316 g/mol. The van der Waals surface area contributed by atoms with Crippen LogP contribution < -0.4 is 5.32 Å². The lowest BCUT2D eigenvalue weighted by Crippen LogP contribution is -2.31. The van der Waals surface area contributed by atoms with E-state index in [0.717, 1.165) is 31.5 Å². The maximum absolute atomic E-state index is 5.99. The Labute approximate surface area is 137 Å². The van der Waals surface area contributed by atoms with Gasteiger partial charge in [-0.25, -0.2) is 9.67 Å². The second-order valence-electron chi connectivity index (χ2n) is 5.48. The standard InChI is InChI=1S/C15H15ClN6O/c16-11-4-1-3-10(7-11)13-19-15(23-21-13)14-18-9-22(20-14)12-5-2-6-17-8-12/h1,3-4,7,9,12,17H,2,5-6,8H2. The minimum absolute atomic E-state index is 0.308. The molecule has 4 rings (SSSR count). The second-order valence-corrected chi connectivity index (χ2v) is 5.92. The Kier molecular flexibility index (Phi) is 3.80. The van der Waals surface area contributed by atoms with Crippen LogP contribution in [0, 0.1) is 0 Å². The van der Waals surface area contributed by atoms with E-state index < -0.39 is 0 Å². The quantitative estimate of drug-likeness (QED) is 0.795. The summed E-state index contributed by atoms with van der Waals surface area (Å²) in [5.74, 6) is 1.22. The van der Waals surface area contributed by atoms with Gasteiger partial charge in [-0.3, -0.25) is 0 Å². The van der Waals surface area contributed by atoms with Crippen LogP contribution in [0.2, 0.25) is 5.02 Å². The Morgan fingerprint density at radius 3 is 3.09 bits per heavy atom. The molecule has 3 aromatic rings. The molecule has 118 valence electrons. The normalized spacial score (nSPS) is 18.2. The Bertz CT molecular complexity index is 808. The first kappa shape index (κ1) is 14.3. The van der Waals surface area contributed by atoms with Crippen molar-refractivity contribution in [3.8, 4) is 23.1 Å². The molecule has 1 aliphatic heterocycles. The largest absolute Gasteiger partial charge is 0.330 e. The van der Waals surface area contributed by atoms with E-state index in [1.54, 1.807) is 18.5 Å². The number of hydrogen-bond acceptors (Lipinski definition) is 6. The summed E-state index contributed by atoms with van der Waals surface area (Å²) in [4.78, 5) is 8.65. The first-order valence-electron chi connectivity index (χ1n) is 7.51. The molecule has 0 radical (unpaired) electrons. The van der Waals surface area contributed by atoms with Gasteiger partial charge in [0.2, 0.25) is 11.6 Å². The number of benzene rings is 1. The molecule has 0 amide bonds. The van der Waals surface area contributed by atoms with Gasteiger partial charge >= 0.3 is 0 Å². The first-order chi connectivity index (χ1) is 11.3. The van der Waals surface area contributed by atoms with Crippen molar-refractivity contribution in [3.05, 3.63) is 35.6 Å². The fourth-order valence-electron chi connectivity index (χ4n) is 2.67. The molecule has 0 aliphatic carbocycles. The fraction of sp³-hybridized carbons (Fsp3) is 0.333. The molecule has 0 saturated carbocycles. The summed E-state index contributed by atoms with van der Waals surface area (Å²) in [6.45, 7) is 1.96. The van der Waals surface area contributed by atoms with Crippen molar-refractivity contribution in [2.24, 2.45) is 0 Å². The van der Waals surface area contributed by atoms with Crippen molar-refractivity contribution in [2.45, 2.75) is 18.9 Å². The van der Waals surface area contributed by atoms with E-state index in [9.17, 15) is 0 Å².